The molecule has 2 atom stereocenters. The van der Waals surface area contributed by atoms with Crippen LogP contribution < -0.4 is 5.32 Å². The Hall–Kier alpha value is -1.65. The van der Waals surface area contributed by atoms with E-state index >= 15 is 0 Å². The van der Waals surface area contributed by atoms with Gasteiger partial charge in [0.05, 0.1) is 11.3 Å². The molecule has 0 saturated carbocycles. The van der Waals surface area contributed by atoms with E-state index in [2.05, 4.69) is 21.4 Å². The average Bonchev–Trinajstić information content (AvgIpc) is 2.99. The van der Waals surface area contributed by atoms with Gasteiger partial charge in [-0.1, -0.05) is 25.6 Å². The van der Waals surface area contributed by atoms with Gasteiger partial charge in [0.2, 0.25) is 5.91 Å². The van der Waals surface area contributed by atoms with Crippen LogP contribution in [0.4, 0.5) is 0 Å². The van der Waals surface area contributed by atoms with Crippen LogP contribution in [0.3, 0.4) is 0 Å². The summed E-state index contributed by atoms with van der Waals surface area (Å²) in [7, 11) is 0. The molecule has 0 radical (unpaired) electrons. The molecule has 0 unspecified atom stereocenters. The predicted octanol–water partition coefficient (Wildman–Crippen LogP) is 4.41. The number of nitriles is 1. The van der Waals surface area contributed by atoms with E-state index in [1.54, 1.807) is 18.3 Å². The Morgan fingerprint density at radius 1 is 1.30 bits per heavy atom. The summed E-state index contributed by atoms with van der Waals surface area (Å²) in [6.07, 6.45) is 4.61. The van der Waals surface area contributed by atoms with Crippen molar-refractivity contribution in [2.75, 3.05) is 0 Å². The molecule has 5 nitrogen and oxygen atoms in total. The van der Waals surface area contributed by atoms with E-state index in [1.807, 2.05) is 27.7 Å². The van der Waals surface area contributed by atoms with Gasteiger partial charge in [-0.05, 0) is 57.9 Å². The molecule has 0 aromatic carbocycles. The van der Waals surface area contributed by atoms with Crippen LogP contribution in [0.25, 0.3) is 10.2 Å². The third kappa shape index (κ3) is 3.97. The van der Waals surface area contributed by atoms with Crippen LogP contribution in [0, 0.1) is 24.2 Å². The first-order chi connectivity index (χ1) is 12.7. The van der Waals surface area contributed by atoms with E-state index in [4.69, 9.17) is 0 Å². The Morgan fingerprint density at radius 3 is 2.67 bits per heavy atom. The highest BCUT2D eigenvalue weighted by Gasteiger charge is 2.32. The number of carbonyl (C=O) groups is 1. The number of aromatic nitrogens is 2. The number of fused-ring (bicyclic) bond motifs is 3. The minimum Gasteiger partial charge on any atom is -0.337 e. The monoisotopic (exact) mass is 402 g/mol. The fraction of sp³-hybridized carbons (Fsp3) is 0.600. The molecule has 1 amide bonds. The minimum atomic E-state index is -0.871. The number of nitrogens with zero attached hydrogens (tertiary/aromatic N) is 3. The van der Waals surface area contributed by atoms with Crippen molar-refractivity contribution in [1.82, 2.24) is 15.3 Å². The number of amides is 1. The zero-order valence-corrected chi connectivity index (χ0v) is 18.2. The first kappa shape index (κ1) is 20.1. The number of rotatable bonds is 5. The Kier molecular flexibility index (Phi) is 5.78. The van der Waals surface area contributed by atoms with Crippen molar-refractivity contribution in [1.29, 1.82) is 5.26 Å². The number of hydrogen-bond donors (Lipinski definition) is 1. The molecule has 2 aromatic rings. The van der Waals surface area contributed by atoms with Crippen LogP contribution in [0.2, 0.25) is 0 Å². The number of nitrogens with one attached hydrogen (secondary N) is 1. The largest absolute Gasteiger partial charge is 0.337 e. The van der Waals surface area contributed by atoms with Gasteiger partial charge in [0.15, 0.2) is 0 Å². The molecule has 2 aromatic heterocycles. The standard InChI is InChI=1S/C20H26N4OS2/c1-11(2)20(5,10-21)24-17(25)12(3)26-18-16-14-8-6-7-9-15(14)27-19(16)23-13(4)22-18/h11-12H,6-9H2,1-5H3,(H,24,25)/t12-,20-/m1/s1. The van der Waals surface area contributed by atoms with Crippen molar-refractivity contribution in [3.05, 3.63) is 16.3 Å². The molecular weight excluding hydrogens is 376 g/mol. The van der Waals surface area contributed by atoms with Gasteiger partial charge in [-0.15, -0.1) is 11.3 Å². The average molecular weight is 403 g/mol. The molecule has 1 aliphatic carbocycles. The van der Waals surface area contributed by atoms with Crippen molar-refractivity contribution in [3.8, 4) is 6.07 Å². The van der Waals surface area contributed by atoms with Gasteiger partial charge in [0.25, 0.3) is 0 Å². The lowest BCUT2D eigenvalue weighted by molar-refractivity contribution is -0.121. The van der Waals surface area contributed by atoms with Crippen molar-refractivity contribution in [2.45, 2.75) is 76.1 Å². The van der Waals surface area contributed by atoms with E-state index in [-0.39, 0.29) is 17.1 Å². The maximum absolute atomic E-state index is 12.8. The number of thioether (sulfide) groups is 1. The molecule has 0 saturated heterocycles. The fourth-order valence-corrected chi connectivity index (χ4v) is 5.59. The molecule has 0 aliphatic heterocycles. The van der Waals surface area contributed by atoms with Gasteiger partial charge in [-0.3, -0.25) is 4.79 Å². The van der Waals surface area contributed by atoms with Gasteiger partial charge in [-0.2, -0.15) is 5.26 Å². The third-order valence-corrected chi connectivity index (χ3v) is 7.59. The number of carbonyl (C=O) groups excluding carboxylic acids is 1. The van der Waals surface area contributed by atoms with Gasteiger partial charge in [0.1, 0.15) is 21.2 Å². The molecule has 0 spiro atoms. The van der Waals surface area contributed by atoms with E-state index in [1.165, 1.54) is 35.0 Å². The van der Waals surface area contributed by atoms with Gasteiger partial charge in [0, 0.05) is 10.3 Å². The molecule has 0 fully saturated rings. The molecular formula is C20H26N4OS2. The summed E-state index contributed by atoms with van der Waals surface area (Å²) in [6, 6.07) is 2.24. The highest BCUT2D eigenvalue weighted by molar-refractivity contribution is 8.00. The second-order valence-electron chi connectivity index (χ2n) is 7.69. The van der Waals surface area contributed by atoms with Crippen molar-refractivity contribution in [2.24, 2.45) is 5.92 Å². The maximum atomic E-state index is 12.8. The summed E-state index contributed by atoms with van der Waals surface area (Å²) >= 11 is 3.24. The number of hydrogen-bond acceptors (Lipinski definition) is 6. The zero-order valence-electron chi connectivity index (χ0n) is 16.5. The summed E-state index contributed by atoms with van der Waals surface area (Å²) in [5.41, 5.74) is 0.505. The second-order valence-corrected chi connectivity index (χ2v) is 10.1. The molecule has 144 valence electrons. The lowest BCUT2D eigenvalue weighted by atomic mass is 9.90. The quantitative estimate of drug-likeness (QED) is 0.592. The lowest BCUT2D eigenvalue weighted by Crippen LogP contribution is -2.51. The molecule has 0 bridgehead atoms. The lowest BCUT2D eigenvalue weighted by Gasteiger charge is -2.28. The van der Waals surface area contributed by atoms with Crippen LogP contribution >= 0.6 is 23.1 Å². The van der Waals surface area contributed by atoms with Crippen LogP contribution in [0.5, 0.6) is 0 Å². The molecule has 27 heavy (non-hydrogen) atoms. The topological polar surface area (TPSA) is 78.7 Å². The number of thiophene rings is 1. The SMILES string of the molecule is Cc1nc(S[C@H](C)C(=O)N[C@](C)(C#N)C(C)C)c2c3c(sc2n1)CCCC3. The summed E-state index contributed by atoms with van der Waals surface area (Å²) in [6.45, 7) is 9.43. The number of aryl methyl sites for hydroxylation is 3. The summed E-state index contributed by atoms with van der Waals surface area (Å²) in [4.78, 5) is 24.5. The van der Waals surface area contributed by atoms with Gasteiger partial charge in [-0.25, -0.2) is 9.97 Å². The summed E-state index contributed by atoms with van der Waals surface area (Å²) in [5.74, 6) is 0.632. The van der Waals surface area contributed by atoms with Crippen LogP contribution in [0.1, 0.15) is 56.8 Å². The smallest absolute Gasteiger partial charge is 0.234 e. The van der Waals surface area contributed by atoms with Gasteiger partial charge >= 0.3 is 0 Å². The Balaban J connectivity index is 1.89. The zero-order chi connectivity index (χ0) is 19.8. The second kappa shape index (κ2) is 7.76. The van der Waals surface area contributed by atoms with E-state index in [0.717, 1.165) is 33.9 Å². The molecule has 3 rings (SSSR count). The Labute approximate surface area is 169 Å². The minimum absolute atomic E-state index is 0.0283. The predicted molar refractivity (Wildman–Crippen MR) is 111 cm³/mol. The van der Waals surface area contributed by atoms with Crippen molar-refractivity contribution >= 4 is 39.2 Å². The summed E-state index contributed by atoms with van der Waals surface area (Å²) in [5, 5.41) is 14.1. The first-order valence-electron chi connectivity index (χ1n) is 9.44. The van der Waals surface area contributed by atoms with Crippen molar-refractivity contribution < 1.29 is 4.79 Å². The van der Waals surface area contributed by atoms with Crippen molar-refractivity contribution in [3.63, 3.8) is 0 Å². The molecule has 2 heterocycles. The van der Waals surface area contributed by atoms with Crippen LogP contribution in [-0.4, -0.2) is 26.7 Å². The van der Waals surface area contributed by atoms with E-state index < -0.39 is 5.54 Å². The third-order valence-electron chi connectivity index (χ3n) is 5.32. The first-order valence-corrected chi connectivity index (χ1v) is 11.1. The van der Waals surface area contributed by atoms with Crippen LogP contribution in [0.15, 0.2) is 5.03 Å². The molecule has 1 N–H and O–H groups in total. The highest BCUT2D eigenvalue weighted by Crippen LogP contribution is 2.40. The van der Waals surface area contributed by atoms with E-state index in [9.17, 15) is 10.1 Å². The normalized spacial score (nSPS) is 17.2. The Bertz CT molecular complexity index is 915. The summed E-state index contributed by atoms with van der Waals surface area (Å²) < 4.78 is 0. The highest BCUT2D eigenvalue weighted by atomic mass is 32.2. The molecule has 1 aliphatic rings. The van der Waals surface area contributed by atoms with E-state index in [0.29, 0.717) is 0 Å². The Morgan fingerprint density at radius 2 is 2.00 bits per heavy atom. The van der Waals surface area contributed by atoms with Gasteiger partial charge < -0.3 is 5.32 Å². The fourth-order valence-electron chi connectivity index (χ4n) is 3.19. The van der Waals surface area contributed by atoms with Crippen LogP contribution in [-0.2, 0) is 17.6 Å². The molecule has 7 heteroatoms. The maximum Gasteiger partial charge on any atom is 0.234 e.